The average Bonchev–Trinajstić information content (AvgIpc) is 2.50. The zero-order chi connectivity index (χ0) is 14.4. The van der Waals surface area contributed by atoms with Crippen molar-refractivity contribution in [3.05, 3.63) is 60.2 Å². The van der Waals surface area contributed by atoms with Crippen LogP contribution in [-0.4, -0.2) is 0 Å². The van der Waals surface area contributed by atoms with Crippen LogP contribution in [0.25, 0.3) is 10.8 Å². The van der Waals surface area contributed by atoms with E-state index in [9.17, 15) is 0 Å². The molecule has 0 aromatic heterocycles. The smallest absolute Gasteiger partial charge is 0.00173 e. The highest BCUT2D eigenvalue weighted by Gasteiger charge is 2.09. The minimum absolute atomic E-state index is 0.459. The molecule has 0 radical (unpaired) electrons. The first-order valence-corrected chi connectivity index (χ1v) is 7.88. The van der Waals surface area contributed by atoms with Gasteiger partial charge >= 0.3 is 0 Å². The Balaban J connectivity index is 2.02. The molecule has 0 spiro atoms. The van der Waals surface area contributed by atoms with Crippen LogP contribution in [0.1, 0.15) is 57.4 Å². The molecule has 2 rings (SSSR count). The van der Waals surface area contributed by atoms with Crippen LogP contribution >= 0.6 is 0 Å². The van der Waals surface area contributed by atoms with E-state index < -0.39 is 0 Å². The van der Waals surface area contributed by atoms with Crippen molar-refractivity contribution in [3.8, 4) is 0 Å². The molecule has 0 aliphatic carbocycles. The Morgan fingerprint density at radius 2 is 1.75 bits per heavy atom. The Bertz CT molecular complexity index is 565. The summed E-state index contributed by atoms with van der Waals surface area (Å²) in [6, 6.07) is 15.4. The molecule has 2 aromatic carbocycles. The maximum Gasteiger partial charge on any atom is 0.00173 e. The molecule has 0 heteroatoms. The molecular weight excluding hydrogens is 240 g/mol. The number of rotatable bonds is 7. The van der Waals surface area contributed by atoms with E-state index in [2.05, 4.69) is 62.9 Å². The van der Waals surface area contributed by atoms with E-state index >= 15 is 0 Å². The van der Waals surface area contributed by atoms with Crippen molar-refractivity contribution in [2.45, 2.75) is 51.9 Å². The maximum absolute atomic E-state index is 4.31. The molecule has 1 atom stereocenters. The molecule has 2 aromatic rings. The summed E-state index contributed by atoms with van der Waals surface area (Å²) >= 11 is 0. The highest BCUT2D eigenvalue weighted by Crippen LogP contribution is 2.28. The van der Waals surface area contributed by atoms with E-state index in [0.717, 1.165) is 6.42 Å². The van der Waals surface area contributed by atoms with E-state index in [1.807, 2.05) is 0 Å². The Morgan fingerprint density at radius 3 is 2.50 bits per heavy atom. The first-order valence-electron chi connectivity index (χ1n) is 7.88. The summed E-state index contributed by atoms with van der Waals surface area (Å²) in [4.78, 5) is 0. The van der Waals surface area contributed by atoms with Crippen molar-refractivity contribution < 1.29 is 0 Å². The zero-order valence-electron chi connectivity index (χ0n) is 12.9. The van der Waals surface area contributed by atoms with Crippen molar-refractivity contribution >= 4 is 10.8 Å². The van der Waals surface area contributed by atoms with Gasteiger partial charge in [-0.2, -0.15) is 0 Å². The van der Waals surface area contributed by atoms with E-state index in [-0.39, 0.29) is 0 Å². The van der Waals surface area contributed by atoms with Crippen LogP contribution in [0.5, 0.6) is 0 Å². The Kier molecular flexibility index (Phi) is 5.40. The lowest BCUT2D eigenvalue weighted by atomic mass is 9.89. The van der Waals surface area contributed by atoms with Gasteiger partial charge in [-0.3, -0.25) is 0 Å². The van der Waals surface area contributed by atoms with Crippen molar-refractivity contribution in [2.24, 2.45) is 0 Å². The van der Waals surface area contributed by atoms with Crippen LogP contribution in [0.15, 0.2) is 54.6 Å². The van der Waals surface area contributed by atoms with Gasteiger partial charge in [-0.1, -0.05) is 87.7 Å². The summed E-state index contributed by atoms with van der Waals surface area (Å²) in [6.45, 7) is 8.85. The molecule has 0 aliphatic rings. The molecule has 0 bridgehead atoms. The lowest BCUT2D eigenvalue weighted by Gasteiger charge is -2.16. The summed E-state index contributed by atoms with van der Waals surface area (Å²) in [5.74, 6) is 0.459. The fourth-order valence-electron chi connectivity index (χ4n) is 2.71. The lowest BCUT2D eigenvalue weighted by molar-refractivity contribution is 0.648. The molecule has 0 nitrogen and oxygen atoms in total. The van der Waals surface area contributed by atoms with Gasteiger partial charge in [0.05, 0.1) is 0 Å². The Hall–Kier alpha value is -1.56. The predicted octanol–water partition coefficient (Wildman–Crippen LogP) is 6.47. The van der Waals surface area contributed by atoms with Gasteiger partial charge in [-0.05, 0) is 29.2 Å². The number of fused-ring (bicyclic) bond motifs is 1. The van der Waals surface area contributed by atoms with E-state index in [0.29, 0.717) is 5.92 Å². The molecular formula is C20H26. The number of hydrogen-bond acceptors (Lipinski definition) is 0. The predicted molar refractivity (Wildman–Crippen MR) is 90.3 cm³/mol. The van der Waals surface area contributed by atoms with Crippen LogP contribution in [0.4, 0.5) is 0 Å². The third kappa shape index (κ3) is 3.72. The summed E-state index contributed by atoms with van der Waals surface area (Å²) in [5, 5.41) is 2.65. The second-order valence-corrected chi connectivity index (χ2v) is 5.80. The molecule has 1 unspecified atom stereocenters. The van der Waals surface area contributed by atoms with E-state index in [1.54, 1.807) is 0 Å². The van der Waals surface area contributed by atoms with Crippen LogP contribution in [0, 0.1) is 0 Å². The quantitative estimate of drug-likeness (QED) is 0.398. The molecule has 106 valence electrons. The fraction of sp³-hybridized carbons (Fsp3) is 0.400. The average molecular weight is 266 g/mol. The van der Waals surface area contributed by atoms with Gasteiger partial charge in [0.15, 0.2) is 0 Å². The van der Waals surface area contributed by atoms with Gasteiger partial charge < -0.3 is 0 Å². The molecule has 0 N–H and O–H groups in total. The minimum Gasteiger partial charge on any atom is -0.0993 e. The SMILES string of the molecule is C=C(CCCCCC)C(C)c1ccc2ccccc2c1. The topological polar surface area (TPSA) is 0 Å². The Labute approximate surface area is 123 Å². The highest BCUT2D eigenvalue weighted by atomic mass is 14.1. The van der Waals surface area contributed by atoms with Crippen LogP contribution in [0.3, 0.4) is 0 Å². The van der Waals surface area contributed by atoms with Gasteiger partial charge in [0.2, 0.25) is 0 Å². The normalized spacial score (nSPS) is 12.5. The van der Waals surface area contributed by atoms with Crippen molar-refractivity contribution in [3.63, 3.8) is 0 Å². The monoisotopic (exact) mass is 266 g/mol. The molecule has 0 saturated carbocycles. The van der Waals surface area contributed by atoms with Gasteiger partial charge in [0, 0.05) is 5.92 Å². The molecule has 0 aliphatic heterocycles. The minimum atomic E-state index is 0.459. The Morgan fingerprint density at radius 1 is 1.00 bits per heavy atom. The van der Waals surface area contributed by atoms with E-state index in [4.69, 9.17) is 0 Å². The van der Waals surface area contributed by atoms with Crippen molar-refractivity contribution in [1.82, 2.24) is 0 Å². The van der Waals surface area contributed by atoms with Crippen molar-refractivity contribution in [1.29, 1.82) is 0 Å². The van der Waals surface area contributed by atoms with E-state index in [1.165, 1.54) is 47.6 Å². The third-order valence-electron chi connectivity index (χ3n) is 4.24. The van der Waals surface area contributed by atoms with Gasteiger partial charge in [0.25, 0.3) is 0 Å². The van der Waals surface area contributed by atoms with Crippen LogP contribution < -0.4 is 0 Å². The van der Waals surface area contributed by atoms with Gasteiger partial charge in [-0.25, -0.2) is 0 Å². The lowest BCUT2D eigenvalue weighted by Crippen LogP contribution is -1.97. The second-order valence-electron chi connectivity index (χ2n) is 5.80. The molecule has 20 heavy (non-hydrogen) atoms. The third-order valence-corrected chi connectivity index (χ3v) is 4.24. The molecule has 0 fully saturated rings. The fourth-order valence-corrected chi connectivity index (χ4v) is 2.71. The number of hydrogen-bond donors (Lipinski definition) is 0. The van der Waals surface area contributed by atoms with Crippen LogP contribution in [-0.2, 0) is 0 Å². The largest absolute Gasteiger partial charge is 0.0993 e. The summed E-state index contributed by atoms with van der Waals surface area (Å²) in [5.41, 5.74) is 2.76. The second kappa shape index (κ2) is 7.28. The molecule has 0 amide bonds. The number of allylic oxidation sites excluding steroid dienone is 1. The molecule has 0 heterocycles. The maximum atomic E-state index is 4.31. The first-order chi connectivity index (χ1) is 9.72. The standard InChI is InChI=1S/C20H26/c1-4-5-6-7-10-16(2)17(3)19-14-13-18-11-8-9-12-20(18)15-19/h8-9,11-15,17H,2,4-7,10H2,1,3H3. The highest BCUT2D eigenvalue weighted by molar-refractivity contribution is 5.83. The van der Waals surface area contributed by atoms with Gasteiger partial charge in [-0.15, -0.1) is 0 Å². The zero-order valence-corrected chi connectivity index (χ0v) is 12.9. The van der Waals surface area contributed by atoms with Crippen molar-refractivity contribution in [2.75, 3.05) is 0 Å². The summed E-state index contributed by atoms with van der Waals surface area (Å²) in [6.07, 6.45) is 6.42. The van der Waals surface area contributed by atoms with Crippen LogP contribution in [0.2, 0.25) is 0 Å². The summed E-state index contributed by atoms with van der Waals surface area (Å²) in [7, 11) is 0. The van der Waals surface area contributed by atoms with Gasteiger partial charge in [0.1, 0.15) is 0 Å². The summed E-state index contributed by atoms with van der Waals surface area (Å²) < 4.78 is 0. The first kappa shape index (κ1) is 14.8. The number of unbranched alkanes of at least 4 members (excludes halogenated alkanes) is 3. The molecule has 0 saturated heterocycles. The number of benzene rings is 2.